The number of hydrogen-bond donors (Lipinski definition) is 0. The van der Waals surface area contributed by atoms with E-state index < -0.39 is 0 Å². The van der Waals surface area contributed by atoms with Gasteiger partial charge >= 0.3 is 0 Å². The Morgan fingerprint density at radius 1 is 1.00 bits per heavy atom. The smallest absolute Gasteiger partial charge is 0.265 e. The van der Waals surface area contributed by atoms with Crippen molar-refractivity contribution in [1.82, 2.24) is 19.6 Å². The molecular formula is C23H20N4O. The summed E-state index contributed by atoms with van der Waals surface area (Å²) in [5.74, 6) is 0.431. The van der Waals surface area contributed by atoms with Crippen LogP contribution in [0.25, 0.3) is 22.7 Å². The highest BCUT2D eigenvalue weighted by Crippen LogP contribution is 2.41. The Hall–Kier alpha value is -3.47. The number of para-hydroxylation sites is 1. The zero-order chi connectivity index (χ0) is 18.9. The van der Waals surface area contributed by atoms with Crippen LogP contribution in [0.5, 0.6) is 0 Å². The van der Waals surface area contributed by atoms with Gasteiger partial charge in [-0.15, -0.1) is 0 Å². The van der Waals surface area contributed by atoms with Crippen molar-refractivity contribution in [2.24, 2.45) is 0 Å². The number of nitrogens with zero attached hydrogens (tertiary/aromatic N) is 4. The number of aromatic nitrogens is 4. The fraction of sp³-hybridized carbons (Fsp3) is 0.174. The van der Waals surface area contributed by atoms with E-state index in [4.69, 9.17) is 5.10 Å². The minimum absolute atomic E-state index is 0.113. The lowest BCUT2D eigenvalue weighted by atomic mass is 10.2. The summed E-state index contributed by atoms with van der Waals surface area (Å²) in [6.07, 6.45) is 8.03. The molecule has 2 heterocycles. The number of fused-ring (bicyclic) bond motifs is 1. The maximum atomic E-state index is 13.2. The molecule has 0 radical (unpaired) electrons. The van der Waals surface area contributed by atoms with Crippen LogP contribution in [0.3, 0.4) is 0 Å². The molecule has 1 aliphatic rings. The van der Waals surface area contributed by atoms with Crippen LogP contribution in [0.2, 0.25) is 0 Å². The van der Waals surface area contributed by atoms with Gasteiger partial charge in [-0.05, 0) is 30.5 Å². The van der Waals surface area contributed by atoms with Crippen LogP contribution in [0.15, 0.2) is 77.7 Å². The Balaban J connectivity index is 1.60. The van der Waals surface area contributed by atoms with E-state index in [2.05, 4.69) is 5.10 Å². The van der Waals surface area contributed by atoms with Crippen LogP contribution in [-0.4, -0.2) is 19.6 Å². The van der Waals surface area contributed by atoms with E-state index in [-0.39, 0.29) is 5.56 Å². The molecule has 5 nitrogen and oxygen atoms in total. The number of hydrogen-bond acceptors (Lipinski definition) is 3. The summed E-state index contributed by atoms with van der Waals surface area (Å²) in [6.45, 7) is 0.434. The minimum atomic E-state index is -0.113. The van der Waals surface area contributed by atoms with Crippen molar-refractivity contribution in [2.45, 2.75) is 25.3 Å². The van der Waals surface area contributed by atoms with Gasteiger partial charge in [0, 0.05) is 11.3 Å². The van der Waals surface area contributed by atoms with Gasteiger partial charge < -0.3 is 0 Å². The fourth-order valence-corrected chi connectivity index (χ4v) is 3.49. The maximum Gasteiger partial charge on any atom is 0.293 e. The van der Waals surface area contributed by atoms with Crippen molar-refractivity contribution < 1.29 is 0 Å². The van der Waals surface area contributed by atoms with Gasteiger partial charge in [0.05, 0.1) is 24.1 Å². The molecule has 2 aromatic heterocycles. The SMILES string of the molecule is O=c1c2c(cnn2-c2ccccc2)c(C2CC2)nn1C/C=C/c1ccccc1. The molecule has 2 aromatic carbocycles. The summed E-state index contributed by atoms with van der Waals surface area (Å²) < 4.78 is 3.30. The third kappa shape index (κ3) is 3.05. The molecule has 0 spiro atoms. The molecule has 1 saturated carbocycles. The highest BCUT2D eigenvalue weighted by atomic mass is 16.1. The van der Waals surface area contributed by atoms with Gasteiger partial charge in [-0.1, -0.05) is 60.7 Å². The molecule has 5 heteroatoms. The molecule has 0 saturated heterocycles. The Morgan fingerprint density at radius 3 is 2.43 bits per heavy atom. The van der Waals surface area contributed by atoms with E-state index >= 15 is 0 Å². The average molecular weight is 368 g/mol. The Morgan fingerprint density at radius 2 is 1.71 bits per heavy atom. The largest absolute Gasteiger partial charge is 0.293 e. The standard InChI is InChI=1S/C23H20N4O/c28-23-22-20(16-24-27(22)19-11-5-2-6-12-19)21(18-13-14-18)25-26(23)15-7-10-17-8-3-1-4-9-17/h1-12,16,18H,13-15H2/b10-7+. The number of benzene rings is 2. The van der Waals surface area contributed by atoms with Crippen molar-refractivity contribution in [2.75, 3.05) is 0 Å². The summed E-state index contributed by atoms with van der Waals surface area (Å²) in [5, 5.41) is 10.1. The Kier molecular flexibility index (Phi) is 4.13. The van der Waals surface area contributed by atoms with Crippen LogP contribution in [0, 0.1) is 0 Å². The van der Waals surface area contributed by atoms with Crippen LogP contribution in [0.4, 0.5) is 0 Å². The Labute approximate surface area is 162 Å². The van der Waals surface area contributed by atoms with Gasteiger partial charge in [-0.2, -0.15) is 10.2 Å². The molecule has 5 rings (SSSR count). The molecule has 4 aromatic rings. The van der Waals surface area contributed by atoms with E-state index in [0.717, 1.165) is 35.2 Å². The number of allylic oxidation sites excluding steroid dienone is 1. The second-order valence-corrected chi connectivity index (χ2v) is 7.11. The first kappa shape index (κ1) is 16.7. The van der Waals surface area contributed by atoms with E-state index in [9.17, 15) is 4.79 Å². The van der Waals surface area contributed by atoms with Crippen molar-refractivity contribution in [3.63, 3.8) is 0 Å². The van der Waals surface area contributed by atoms with Crippen LogP contribution in [-0.2, 0) is 6.54 Å². The molecule has 0 atom stereocenters. The highest BCUT2D eigenvalue weighted by Gasteiger charge is 2.30. The van der Waals surface area contributed by atoms with E-state index in [1.807, 2.05) is 72.8 Å². The normalized spacial score (nSPS) is 14.1. The molecule has 0 N–H and O–H groups in total. The maximum absolute atomic E-state index is 13.2. The molecule has 1 fully saturated rings. The first-order valence-corrected chi connectivity index (χ1v) is 9.57. The van der Waals surface area contributed by atoms with Crippen LogP contribution >= 0.6 is 0 Å². The molecule has 1 aliphatic carbocycles. The van der Waals surface area contributed by atoms with Crippen molar-refractivity contribution >= 4 is 17.0 Å². The average Bonchev–Trinajstić information content (AvgIpc) is 3.49. The third-order valence-corrected chi connectivity index (χ3v) is 5.06. The van der Waals surface area contributed by atoms with E-state index in [1.165, 1.54) is 0 Å². The van der Waals surface area contributed by atoms with Gasteiger partial charge in [0.1, 0.15) is 5.52 Å². The first-order chi connectivity index (χ1) is 13.8. The van der Waals surface area contributed by atoms with Crippen molar-refractivity contribution in [3.8, 4) is 5.69 Å². The minimum Gasteiger partial charge on any atom is -0.265 e. The molecule has 138 valence electrons. The van der Waals surface area contributed by atoms with Crippen molar-refractivity contribution in [3.05, 3.63) is 94.5 Å². The summed E-state index contributed by atoms with van der Waals surface area (Å²) in [7, 11) is 0. The molecule has 28 heavy (non-hydrogen) atoms. The zero-order valence-corrected chi connectivity index (χ0v) is 15.4. The fourth-order valence-electron chi connectivity index (χ4n) is 3.49. The molecule has 0 unspecified atom stereocenters. The lowest BCUT2D eigenvalue weighted by Gasteiger charge is -2.08. The molecule has 0 bridgehead atoms. The lowest BCUT2D eigenvalue weighted by Crippen LogP contribution is -2.25. The summed E-state index contributed by atoms with van der Waals surface area (Å²) in [4.78, 5) is 13.2. The zero-order valence-electron chi connectivity index (χ0n) is 15.4. The van der Waals surface area contributed by atoms with E-state index in [0.29, 0.717) is 18.0 Å². The molecular weight excluding hydrogens is 348 g/mol. The molecule has 0 amide bonds. The van der Waals surface area contributed by atoms with Crippen LogP contribution < -0.4 is 5.56 Å². The summed E-state index contributed by atoms with van der Waals surface area (Å²) in [5.41, 5.74) is 3.47. The molecule has 0 aliphatic heterocycles. The second-order valence-electron chi connectivity index (χ2n) is 7.11. The van der Waals surface area contributed by atoms with Gasteiger partial charge in [0.25, 0.3) is 5.56 Å². The predicted molar refractivity (Wildman–Crippen MR) is 111 cm³/mol. The van der Waals surface area contributed by atoms with Gasteiger partial charge in [-0.25, -0.2) is 9.36 Å². The number of rotatable bonds is 5. The summed E-state index contributed by atoms with van der Waals surface area (Å²) >= 11 is 0. The van der Waals surface area contributed by atoms with Gasteiger partial charge in [-0.3, -0.25) is 4.79 Å². The quantitative estimate of drug-likeness (QED) is 0.531. The van der Waals surface area contributed by atoms with Gasteiger partial charge in [0.15, 0.2) is 0 Å². The van der Waals surface area contributed by atoms with E-state index in [1.54, 1.807) is 15.6 Å². The monoisotopic (exact) mass is 368 g/mol. The lowest BCUT2D eigenvalue weighted by molar-refractivity contribution is 0.638. The third-order valence-electron chi connectivity index (χ3n) is 5.06. The van der Waals surface area contributed by atoms with Gasteiger partial charge in [0.2, 0.25) is 0 Å². The predicted octanol–water partition coefficient (Wildman–Crippen LogP) is 4.17. The highest BCUT2D eigenvalue weighted by molar-refractivity contribution is 5.82. The van der Waals surface area contributed by atoms with Crippen molar-refractivity contribution in [1.29, 1.82) is 0 Å². The summed E-state index contributed by atoms with van der Waals surface area (Å²) in [6, 6.07) is 19.8. The second kappa shape index (κ2) is 6.93. The van der Waals surface area contributed by atoms with Crippen LogP contribution in [0.1, 0.15) is 30.0 Å². The first-order valence-electron chi connectivity index (χ1n) is 9.57. The Bertz CT molecular complexity index is 1200. The topological polar surface area (TPSA) is 52.7 Å².